The van der Waals surface area contributed by atoms with Crippen LogP contribution in [0, 0.1) is 46.3 Å². The lowest BCUT2D eigenvalue weighted by molar-refractivity contribution is -0.360. The number of hydrogen-bond donors (Lipinski definition) is 8. The van der Waals surface area contributed by atoms with Gasteiger partial charge in [0, 0.05) is 0 Å². The van der Waals surface area contributed by atoms with Crippen molar-refractivity contribution >= 4 is 0 Å². The summed E-state index contributed by atoms with van der Waals surface area (Å²) in [6.45, 7) is 12.2. The Hall–Kier alpha value is -0.740. The normalized spacial score (nSPS) is 51.3. The van der Waals surface area contributed by atoms with E-state index in [2.05, 4.69) is 40.7 Å². The van der Waals surface area contributed by atoms with Crippen molar-refractivity contribution in [2.45, 2.75) is 179 Å². The van der Waals surface area contributed by atoms with Gasteiger partial charge in [-0.2, -0.15) is 0 Å². The van der Waals surface area contributed by atoms with E-state index in [0.29, 0.717) is 30.1 Å². The molecule has 2 heterocycles. The molecular formula is C39H66O12. The molecule has 2 saturated heterocycles. The highest BCUT2D eigenvalue weighted by Gasteiger charge is 2.62. The Kier molecular flexibility index (Phi) is 12.1. The van der Waals surface area contributed by atoms with E-state index in [0.717, 1.165) is 51.4 Å². The lowest BCUT2D eigenvalue weighted by Gasteiger charge is -2.58. The first-order valence-electron chi connectivity index (χ1n) is 19.7. The topological polar surface area (TPSA) is 199 Å². The van der Waals surface area contributed by atoms with Crippen LogP contribution in [0.3, 0.4) is 0 Å². The van der Waals surface area contributed by atoms with Crippen molar-refractivity contribution in [2.75, 3.05) is 6.61 Å². The first kappa shape index (κ1) is 39.9. The molecule has 51 heavy (non-hydrogen) atoms. The monoisotopic (exact) mass is 726 g/mol. The molecule has 12 heteroatoms. The molecule has 0 aromatic heterocycles. The fraction of sp³-hybridized carbons (Fsp3) is 0.949. The van der Waals surface area contributed by atoms with Gasteiger partial charge in [0.05, 0.1) is 31.0 Å². The maximum Gasteiger partial charge on any atom is 0.187 e. The first-order valence-corrected chi connectivity index (χ1v) is 19.7. The predicted molar refractivity (Wildman–Crippen MR) is 186 cm³/mol. The van der Waals surface area contributed by atoms with E-state index in [1.165, 1.54) is 12.5 Å². The van der Waals surface area contributed by atoms with Crippen molar-refractivity contribution in [3.63, 3.8) is 0 Å². The number of aliphatic hydroxyl groups excluding tert-OH is 8. The number of allylic oxidation sites excluding steroid dienone is 1. The molecule has 0 spiro atoms. The van der Waals surface area contributed by atoms with Crippen LogP contribution in [0.5, 0.6) is 0 Å². The summed E-state index contributed by atoms with van der Waals surface area (Å²) in [4.78, 5) is 0. The molecule has 2 aliphatic heterocycles. The van der Waals surface area contributed by atoms with Gasteiger partial charge in [0.2, 0.25) is 0 Å². The Bertz CT molecular complexity index is 1210. The van der Waals surface area contributed by atoms with E-state index in [1.54, 1.807) is 0 Å². The molecule has 6 aliphatic rings. The molecule has 0 aromatic rings. The van der Waals surface area contributed by atoms with Crippen LogP contribution < -0.4 is 0 Å². The average molecular weight is 727 g/mol. The number of ether oxygens (including phenoxy) is 4. The Morgan fingerprint density at radius 2 is 1.53 bits per heavy atom. The zero-order valence-corrected chi connectivity index (χ0v) is 31.3. The summed E-state index contributed by atoms with van der Waals surface area (Å²) < 4.78 is 23.6. The van der Waals surface area contributed by atoms with Gasteiger partial charge in [0.1, 0.15) is 42.7 Å². The van der Waals surface area contributed by atoms with E-state index in [-0.39, 0.29) is 28.8 Å². The smallest absolute Gasteiger partial charge is 0.187 e. The van der Waals surface area contributed by atoms with Crippen LogP contribution in [-0.4, -0.2) is 127 Å². The second-order valence-electron chi connectivity index (χ2n) is 18.0. The quantitative estimate of drug-likeness (QED) is 0.153. The molecule has 20 unspecified atom stereocenters. The Morgan fingerprint density at radius 3 is 2.22 bits per heavy atom. The fourth-order valence-electron chi connectivity index (χ4n) is 11.6. The molecule has 12 nitrogen and oxygen atoms in total. The molecule has 3 saturated carbocycles. The number of hydrogen-bond acceptors (Lipinski definition) is 12. The summed E-state index contributed by atoms with van der Waals surface area (Å²) in [5, 5.41) is 85.7. The minimum atomic E-state index is -1.62. The highest BCUT2D eigenvalue weighted by atomic mass is 16.7. The number of rotatable bonds is 10. The molecule has 8 N–H and O–H groups in total. The van der Waals surface area contributed by atoms with Crippen molar-refractivity contribution in [3.05, 3.63) is 11.6 Å². The van der Waals surface area contributed by atoms with Gasteiger partial charge in [0.25, 0.3) is 0 Å². The van der Waals surface area contributed by atoms with Crippen LogP contribution in [0.1, 0.15) is 99.3 Å². The fourth-order valence-corrected chi connectivity index (χ4v) is 11.6. The molecule has 0 aromatic carbocycles. The standard InChI is InChI=1S/C39H66O12/c1-18(2)7-10-26(41)19(3)29-27(42)16-25-23-9-8-21-15-22(11-13-38(21,5)24(23)12-14-39(25,29)6)49-37-34(47)32(45)35(28(17-40)50-37)51-36-33(46)31(44)30(43)20(4)48-36/h8,18-20,22-37,40-47H,7,9-17H2,1-6H3. The van der Waals surface area contributed by atoms with E-state index >= 15 is 0 Å². The van der Waals surface area contributed by atoms with Crippen LogP contribution in [0.25, 0.3) is 0 Å². The molecular weight excluding hydrogens is 660 g/mol. The summed E-state index contributed by atoms with van der Waals surface area (Å²) in [7, 11) is 0. The van der Waals surface area contributed by atoms with E-state index in [4.69, 9.17) is 18.9 Å². The van der Waals surface area contributed by atoms with Crippen LogP contribution in [0.2, 0.25) is 0 Å². The van der Waals surface area contributed by atoms with Crippen LogP contribution in [-0.2, 0) is 18.9 Å². The molecule has 0 bridgehead atoms. The van der Waals surface area contributed by atoms with Crippen molar-refractivity contribution in [2.24, 2.45) is 46.3 Å². The van der Waals surface area contributed by atoms with E-state index in [1.807, 2.05) is 0 Å². The van der Waals surface area contributed by atoms with Crippen LogP contribution in [0.15, 0.2) is 11.6 Å². The molecule has 6 rings (SSSR count). The van der Waals surface area contributed by atoms with Gasteiger partial charge >= 0.3 is 0 Å². The van der Waals surface area contributed by atoms with Gasteiger partial charge in [-0.15, -0.1) is 0 Å². The molecule has 20 atom stereocenters. The van der Waals surface area contributed by atoms with Gasteiger partial charge in [-0.25, -0.2) is 0 Å². The van der Waals surface area contributed by atoms with Gasteiger partial charge in [-0.1, -0.05) is 46.3 Å². The van der Waals surface area contributed by atoms with Gasteiger partial charge in [0.15, 0.2) is 12.6 Å². The summed E-state index contributed by atoms with van der Waals surface area (Å²) >= 11 is 0. The molecule has 0 amide bonds. The maximum atomic E-state index is 11.5. The zero-order valence-electron chi connectivity index (χ0n) is 31.3. The second-order valence-corrected chi connectivity index (χ2v) is 18.0. The zero-order chi connectivity index (χ0) is 37.2. The summed E-state index contributed by atoms with van der Waals surface area (Å²) in [6, 6.07) is 0. The Morgan fingerprint density at radius 1 is 0.843 bits per heavy atom. The van der Waals surface area contributed by atoms with E-state index < -0.39 is 80.2 Å². The van der Waals surface area contributed by atoms with Gasteiger partial charge in [-0.3, -0.25) is 0 Å². The highest BCUT2D eigenvalue weighted by Crippen LogP contribution is 2.67. The number of aliphatic hydroxyl groups is 8. The summed E-state index contributed by atoms with van der Waals surface area (Å²) in [5.41, 5.74) is 1.32. The largest absolute Gasteiger partial charge is 0.394 e. The molecule has 0 radical (unpaired) electrons. The van der Waals surface area contributed by atoms with Crippen molar-refractivity contribution in [1.82, 2.24) is 0 Å². The van der Waals surface area contributed by atoms with Gasteiger partial charge in [-0.05, 0) is 111 Å². The Balaban J connectivity index is 1.09. The van der Waals surface area contributed by atoms with Crippen molar-refractivity contribution < 1.29 is 59.8 Å². The van der Waals surface area contributed by atoms with Gasteiger partial charge < -0.3 is 59.8 Å². The summed E-state index contributed by atoms with van der Waals surface area (Å²) in [5.74, 6) is 2.02. The van der Waals surface area contributed by atoms with Crippen LogP contribution in [0.4, 0.5) is 0 Å². The first-order chi connectivity index (χ1) is 24.0. The van der Waals surface area contributed by atoms with E-state index in [9.17, 15) is 40.9 Å². The third-order valence-corrected chi connectivity index (χ3v) is 14.6. The lowest BCUT2D eigenvalue weighted by atomic mass is 9.47. The molecule has 4 aliphatic carbocycles. The highest BCUT2D eigenvalue weighted by molar-refractivity contribution is 5.26. The third-order valence-electron chi connectivity index (χ3n) is 14.6. The Labute approximate surface area is 303 Å². The average Bonchev–Trinajstić information content (AvgIpc) is 3.37. The summed E-state index contributed by atoms with van der Waals surface area (Å²) in [6.07, 6.45) is -4.31. The second kappa shape index (κ2) is 15.4. The molecule has 5 fully saturated rings. The molecule has 294 valence electrons. The third kappa shape index (κ3) is 7.24. The van der Waals surface area contributed by atoms with Crippen LogP contribution >= 0.6 is 0 Å². The maximum absolute atomic E-state index is 11.5. The minimum absolute atomic E-state index is 0.0101. The SMILES string of the molecule is CC(C)CCC(O)C(C)C1C(O)CC2C3CC=C4CC(OC5OC(CO)C(OC6OC(C)C(O)C(O)C6O)C(O)C5O)CCC4(C)C3CCC21C. The van der Waals surface area contributed by atoms with Crippen molar-refractivity contribution in [3.8, 4) is 0 Å². The lowest BCUT2D eigenvalue weighted by Crippen LogP contribution is -2.64. The number of fused-ring (bicyclic) bond motifs is 5. The predicted octanol–water partition coefficient (Wildman–Crippen LogP) is 2.01. The minimum Gasteiger partial charge on any atom is -0.394 e. The van der Waals surface area contributed by atoms with Crippen molar-refractivity contribution in [1.29, 1.82) is 0 Å².